The summed E-state index contributed by atoms with van der Waals surface area (Å²) < 4.78 is 11.2. The fraction of sp³-hybridized carbons (Fsp3) is 0.214. The van der Waals surface area contributed by atoms with Gasteiger partial charge in [0.25, 0.3) is 11.7 Å². The zero-order valence-corrected chi connectivity index (χ0v) is 19.7. The summed E-state index contributed by atoms with van der Waals surface area (Å²) in [5, 5.41) is 11.4. The van der Waals surface area contributed by atoms with E-state index in [1.54, 1.807) is 36.4 Å². The Morgan fingerprint density at radius 3 is 2.41 bits per heavy atom. The van der Waals surface area contributed by atoms with Gasteiger partial charge in [0, 0.05) is 16.8 Å². The number of hydrogen-bond donors (Lipinski definition) is 1. The molecular formula is C28H27NO5. The number of amides is 1. The third-order valence-electron chi connectivity index (χ3n) is 5.91. The Morgan fingerprint density at radius 1 is 0.971 bits per heavy atom. The molecule has 1 aliphatic rings. The number of ether oxygens (including phenoxy) is 2. The van der Waals surface area contributed by atoms with Crippen molar-refractivity contribution in [3.63, 3.8) is 0 Å². The molecule has 1 heterocycles. The Morgan fingerprint density at radius 2 is 1.74 bits per heavy atom. The van der Waals surface area contributed by atoms with Crippen LogP contribution in [0.2, 0.25) is 0 Å². The summed E-state index contributed by atoms with van der Waals surface area (Å²) in [6.45, 7) is 6.20. The number of rotatable bonds is 6. The predicted molar refractivity (Wildman–Crippen MR) is 131 cm³/mol. The Kier molecular flexibility index (Phi) is 6.41. The molecular weight excluding hydrogens is 430 g/mol. The van der Waals surface area contributed by atoms with Gasteiger partial charge in [0.2, 0.25) is 0 Å². The lowest BCUT2D eigenvalue weighted by molar-refractivity contribution is -0.132. The van der Waals surface area contributed by atoms with Crippen LogP contribution in [-0.4, -0.2) is 30.5 Å². The van der Waals surface area contributed by atoms with Crippen LogP contribution in [0.15, 0.2) is 72.3 Å². The van der Waals surface area contributed by atoms with Crippen LogP contribution in [0.3, 0.4) is 0 Å². The molecule has 0 radical (unpaired) electrons. The van der Waals surface area contributed by atoms with E-state index in [0.29, 0.717) is 34.9 Å². The SMILES string of the molecule is CCOc1ccc(/C(O)=C2\C(=O)C(=O)N(c3cccc(C)c3)C2c2ccccc2OC)cc1C. The predicted octanol–water partition coefficient (Wildman–Crippen LogP) is 5.34. The van der Waals surface area contributed by atoms with E-state index in [1.165, 1.54) is 12.0 Å². The van der Waals surface area contributed by atoms with Crippen LogP contribution in [-0.2, 0) is 9.59 Å². The molecule has 6 nitrogen and oxygen atoms in total. The lowest BCUT2D eigenvalue weighted by Crippen LogP contribution is -2.29. The molecule has 0 aromatic heterocycles. The van der Waals surface area contributed by atoms with E-state index in [9.17, 15) is 14.7 Å². The van der Waals surface area contributed by atoms with Crippen LogP contribution >= 0.6 is 0 Å². The minimum Gasteiger partial charge on any atom is -0.507 e. The number of methoxy groups -OCH3 is 1. The van der Waals surface area contributed by atoms with E-state index in [2.05, 4.69) is 0 Å². The molecule has 3 aromatic rings. The molecule has 0 bridgehead atoms. The first-order valence-electron chi connectivity index (χ1n) is 11.1. The van der Waals surface area contributed by atoms with E-state index >= 15 is 0 Å². The number of ketones is 1. The minimum absolute atomic E-state index is 0.0135. The van der Waals surface area contributed by atoms with Crippen molar-refractivity contribution in [2.75, 3.05) is 18.6 Å². The van der Waals surface area contributed by atoms with Crippen molar-refractivity contribution in [2.45, 2.75) is 26.8 Å². The van der Waals surface area contributed by atoms with Crippen LogP contribution in [0.4, 0.5) is 5.69 Å². The van der Waals surface area contributed by atoms with Gasteiger partial charge >= 0.3 is 0 Å². The highest BCUT2D eigenvalue weighted by Gasteiger charge is 2.47. The van der Waals surface area contributed by atoms with Gasteiger partial charge < -0.3 is 14.6 Å². The topological polar surface area (TPSA) is 76.1 Å². The summed E-state index contributed by atoms with van der Waals surface area (Å²) in [5.74, 6) is -0.482. The molecule has 1 saturated heterocycles. The zero-order valence-electron chi connectivity index (χ0n) is 19.7. The summed E-state index contributed by atoms with van der Waals surface area (Å²) in [5.41, 5.74) is 3.38. The Bertz CT molecular complexity index is 1290. The van der Waals surface area contributed by atoms with Crippen molar-refractivity contribution in [1.29, 1.82) is 0 Å². The lowest BCUT2D eigenvalue weighted by atomic mass is 9.94. The number of aryl methyl sites for hydroxylation is 2. The van der Waals surface area contributed by atoms with Gasteiger partial charge in [0.1, 0.15) is 17.3 Å². The molecule has 3 aromatic carbocycles. The summed E-state index contributed by atoms with van der Waals surface area (Å²) in [7, 11) is 1.54. The van der Waals surface area contributed by atoms with Gasteiger partial charge in [-0.05, 0) is 68.3 Å². The number of aliphatic hydroxyl groups excluding tert-OH is 1. The lowest BCUT2D eigenvalue weighted by Gasteiger charge is -2.27. The molecule has 0 aliphatic carbocycles. The van der Waals surface area contributed by atoms with Gasteiger partial charge in [0.05, 0.1) is 25.3 Å². The molecule has 174 valence electrons. The molecule has 1 N–H and O–H groups in total. The Balaban J connectivity index is 1.95. The number of Topliss-reactive ketones (excluding diaryl/α,β-unsaturated/α-hetero) is 1. The molecule has 0 saturated carbocycles. The second-order valence-electron chi connectivity index (χ2n) is 8.16. The van der Waals surface area contributed by atoms with Crippen molar-refractivity contribution in [3.05, 3.63) is 94.6 Å². The summed E-state index contributed by atoms with van der Waals surface area (Å²) in [4.78, 5) is 28.1. The number of hydrogen-bond acceptors (Lipinski definition) is 5. The average molecular weight is 458 g/mol. The van der Waals surface area contributed by atoms with Crippen molar-refractivity contribution >= 4 is 23.1 Å². The zero-order chi connectivity index (χ0) is 24.4. The standard InChI is InChI=1S/C28H27NO5/c1-5-34-22-14-13-19(16-18(22)3)26(30)24-25(21-11-6-7-12-23(21)33-4)29(28(32)27(24)31)20-10-8-9-17(2)15-20/h6-16,25,30H,5H2,1-4H3/b26-24+. The van der Waals surface area contributed by atoms with Gasteiger partial charge in [-0.1, -0.05) is 30.3 Å². The van der Waals surface area contributed by atoms with Crippen molar-refractivity contribution in [1.82, 2.24) is 0 Å². The molecule has 34 heavy (non-hydrogen) atoms. The average Bonchev–Trinajstić information content (AvgIpc) is 3.10. The van der Waals surface area contributed by atoms with Crippen LogP contribution in [0.1, 0.15) is 35.2 Å². The van der Waals surface area contributed by atoms with Crippen molar-refractivity contribution in [2.24, 2.45) is 0 Å². The van der Waals surface area contributed by atoms with Crippen LogP contribution in [0, 0.1) is 13.8 Å². The number of anilines is 1. The van der Waals surface area contributed by atoms with E-state index in [0.717, 1.165) is 11.1 Å². The second kappa shape index (κ2) is 9.43. The minimum atomic E-state index is -0.857. The van der Waals surface area contributed by atoms with Crippen LogP contribution in [0.5, 0.6) is 11.5 Å². The fourth-order valence-corrected chi connectivity index (χ4v) is 4.33. The summed E-state index contributed by atoms with van der Waals surface area (Å²) in [6.07, 6.45) is 0. The van der Waals surface area contributed by atoms with E-state index in [1.807, 2.05) is 51.1 Å². The first-order valence-corrected chi connectivity index (χ1v) is 11.1. The van der Waals surface area contributed by atoms with Gasteiger partial charge in [0.15, 0.2) is 0 Å². The molecule has 0 spiro atoms. The van der Waals surface area contributed by atoms with E-state index < -0.39 is 17.7 Å². The summed E-state index contributed by atoms with van der Waals surface area (Å²) >= 11 is 0. The maximum absolute atomic E-state index is 13.4. The Hall–Kier alpha value is -4.06. The third-order valence-corrected chi connectivity index (χ3v) is 5.91. The monoisotopic (exact) mass is 457 g/mol. The number of aliphatic hydroxyl groups is 1. The van der Waals surface area contributed by atoms with Gasteiger partial charge in [-0.15, -0.1) is 0 Å². The molecule has 1 fully saturated rings. The largest absolute Gasteiger partial charge is 0.507 e. The third kappa shape index (κ3) is 4.03. The normalized spacial score (nSPS) is 17.2. The highest BCUT2D eigenvalue weighted by atomic mass is 16.5. The molecule has 1 atom stereocenters. The van der Waals surface area contributed by atoms with E-state index in [-0.39, 0.29) is 11.3 Å². The number of carbonyl (C=O) groups is 2. The first kappa shape index (κ1) is 23.1. The molecule has 1 unspecified atom stereocenters. The molecule has 6 heteroatoms. The van der Waals surface area contributed by atoms with Crippen molar-refractivity contribution < 1.29 is 24.2 Å². The van der Waals surface area contributed by atoms with Gasteiger partial charge in [-0.25, -0.2) is 0 Å². The second-order valence-corrected chi connectivity index (χ2v) is 8.16. The quantitative estimate of drug-likeness (QED) is 0.307. The summed E-state index contributed by atoms with van der Waals surface area (Å²) in [6, 6.07) is 18.9. The Labute approximate surface area is 199 Å². The number of nitrogens with zero attached hydrogens (tertiary/aromatic N) is 1. The smallest absolute Gasteiger partial charge is 0.300 e. The molecule has 4 rings (SSSR count). The number of carbonyl (C=O) groups excluding carboxylic acids is 2. The van der Waals surface area contributed by atoms with Crippen molar-refractivity contribution in [3.8, 4) is 11.5 Å². The maximum Gasteiger partial charge on any atom is 0.300 e. The van der Waals surface area contributed by atoms with Crippen LogP contribution in [0.25, 0.3) is 5.76 Å². The maximum atomic E-state index is 13.4. The highest BCUT2D eigenvalue weighted by molar-refractivity contribution is 6.51. The van der Waals surface area contributed by atoms with Crippen LogP contribution < -0.4 is 14.4 Å². The molecule has 1 amide bonds. The fourth-order valence-electron chi connectivity index (χ4n) is 4.33. The van der Waals surface area contributed by atoms with Gasteiger partial charge in [-0.2, -0.15) is 0 Å². The highest BCUT2D eigenvalue weighted by Crippen LogP contribution is 2.45. The number of para-hydroxylation sites is 1. The first-order chi connectivity index (χ1) is 16.4. The van der Waals surface area contributed by atoms with E-state index in [4.69, 9.17) is 9.47 Å². The molecule has 1 aliphatic heterocycles. The number of benzene rings is 3. The van der Waals surface area contributed by atoms with Gasteiger partial charge in [-0.3, -0.25) is 14.5 Å².